The number of pyridine rings is 1. The molecule has 9 heteroatoms. The molecule has 4 rings (SSSR count). The summed E-state index contributed by atoms with van der Waals surface area (Å²) in [6.45, 7) is 2.25. The number of hydrogen-bond donors (Lipinski definition) is 2. The quantitative estimate of drug-likeness (QED) is 0.304. The Balaban J connectivity index is 1.49. The number of alkyl halides is 1. The summed E-state index contributed by atoms with van der Waals surface area (Å²) in [5.41, 5.74) is 2.11. The molecule has 0 unspecified atom stereocenters. The lowest BCUT2D eigenvalue weighted by molar-refractivity contribution is -0.133. The summed E-state index contributed by atoms with van der Waals surface area (Å²) in [4.78, 5) is 23.5. The largest absolute Gasteiger partial charge is 0.366 e. The molecular formula is C21H26BrIN6O. The van der Waals surface area contributed by atoms with Crippen LogP contribution in [0.2, 0.25) is 0 Å². The van der Waals surface area contributed by atoms with Gasteiger partial charge in [0, 0.05) is 64.6 Å². The molecule has 1 amide bonds. The Bertz CT molecular complexity index is 875. The number of piperidine rings is 1. The molecule has 3 heterocycles. The van der Waals surface area contributed by atoms with Crippen LogP contribution in [0.4, 0.5) is 0 Å². The number of aromatic nitrogens is 1. The van der Waals surface area contributed by atoms with E-state index in [1.807, 2.05) is 23.2 Å². The summed E-state index contributed by atoms with van der Waals surface area (Å²) >= 11 is 5.93. The van der Waals surface area contributed by atoms with E-state index in [0.29, 0.717) is 18.4 Å². The third kappa shape index (κ3) is 5.05. The number of rotatable bonds is 6. The Morgan fingerprint density at radius 1 is 1.30 bits per heavy atom. The van der Waals surface area contributed by atoms with Gasteiger partial charge in [0.25, 0.3) is 0 Å². The first kappa shape index (κ1) is 21.8. The molecule has 0 aromatic carbocycles. The minimum atomic E-state index is 0.289. The highest BCUT2D eigenvalue weighted by atomic mass is 127. The summed E-state index contributed by atoms with van der Waals surface area (Å²) in [7, 11) is 0. The van der Waals surface area contributed by atoms with E-state index in [2.05, 4.69) is 54.9 Å². The fourth-order valence-electron chi connectivity index (χ4n) is 3.81. The molecule has 0 bridgehead atoms. The second kappa shape index (κ2) is 9.78. The first-order valence-corrected chi connectivity index (χ1v) is 12.6. The molecule has 0 radical (unpaired) electrons. The number of carbonyl (C=O) groups excluding carboxylic acids is 1. The van der Waals surface area contributed by atoms with E-state index in [0.717, 1.165) is 70.6 Å². The van der Waals surface area contributed by atoms with Gasteiger partial charge in [-0.15, -0.1) is 0 Å². The van der Waals surface area contributed by atoms with E-state index in [9.17, 15) is 4.79 Å². The van der Waals surface area contributed by atoms with E-state index in [-0.39, 0.29) is 5.92 Å². The normalized spacial score (nSPS) is 21.8. The van der Waals surface area contributed by atoms with Gasteiger partial charge in [0.1, 0.15) is 5.82 Å². The zero-order chi connectivity index (χ0) is 21.1. The van der Waals surface area contributed by atoms with Crippen molar-refractivity contribution in [2.24, 2.45) is 22.7 Å². The average molecular weight is 585 g/mol. The molecular weight excluding hydrogens is 559 g/mol. The van der Waals surface area contributed by atoms with E-state index in [4.69, 9.17) is 10.8 Å². The van der Waals surface area contributed by atoms with Gasteiger partial charge in [0.05, 0.1) is 0 Å². The number of allylic oxidation sites excluding steroid dienone is 2. The molecule has 1 aliphatic carbocycles. The van der Waals surface area contributed by atoms with Crippen LogP contribution >= 0.6 is 38.5 Å². The number of halogens is 2. The van der Waals surface area contributed by atoms with E-state index in [1.165, 1.54) is 0 Å². The molecule has 1 saturated heterocycles. The Morgan fingerprint density at radius 3 is 2.70 bits per heavy atom. The Labute approximate surface area is 199 Å². The van der Waals surface area contributed by atoms with Crippen LogP contribution in [0.25, 0.3) is 0 Å². The minimum absolute atomic E-state index is 0.289. The number of nitrogens with one attached hydrogen (secondary N) is 1. The molecule has 1 aromatic heterocycles. The highest BCUT2D eigenvalue weighted by Gasteiger charge is 2.36. The number of nitrogens with two attached hydrogens (primary N) is 1. The fourth-order valence-corrected chi connectivity index (χ4v) is 4.43. The SMILES string of the molecule is NN1C(NCc2cccnc2)=CC(C2CCN(C(=O)C3CC3)CC2)=N/C1=C(\Br)CI. The number of nitrogens with zero attached hydrogens (tertiary/aromatic N) is 4. The summed E-state index contributed by atoms with van der Waals surface area (Å²) in [6, 6.07) is 3.96. The molecule has 2 fully saturated rings. The second-order valence-electron chi connectivity index (χ2n) is 7.89. The Hall–Kier alpha value is -1.46. The molecule has 1 aromatic rings. The Kier molecular flexibility index (Phi) is 7.09. The third-order valence-electron chi connectivity index (χ3n) is 5.72. The van der Waals surface area contributed by atoms with Gasteiger partial charge in [-0.25, -0.2) is 15.8 Å². The van der Waals surface area contributed by atoms with Gasteiger partial charge in [-0.3, -0.25) is 9.78 Å². The highest BCUT2D eigenvalue weighted by Crippen LogP contribution is 2.33. The molecule has 3 aliphatic rings. The van der Waals surface area contributed by atoms with Crippen LogP contribution in [-0.2, 0) is 11.3 Å². The zero-order valence-electron chi connectivity index (χ0n) is 16.7. The average Bonchev–Trinajstić information content (AvgIpc) is 3.64. The topological polar surface area (TPSA) is 86.9 Å². The van der Waals surface area contributed by atoms with E-state index >= 15 is 0 Å². The second-order valence-corrected chi connectivity index (χ2v) is 9.61. The first-order chi connectivity index (χ1) is 14.6. The summed E-state index contributed by atoms with van der Waals surface area (Å²) < 4.78 is 1.74. The van der Waals surface area contributed by atoms with E-state index in [1.54, 1.807) is 11.2 Å². The van der Waals surface area contributed by atoms with Crippen LogP contribution in [0.5, 0.6) is 0 Å². The molecule has 2 aliphatic heterocycles. The maximum atomic E-state index is 12.4. The lowest BCUT2D eigenvalue weighted by Crippen LogP contribution is -2.43. The van der Waals surface area contributed by atoms with Crippen LogP contribution in [0.15, 0.2) is 51.7 Å². The van der Waals surface area contributed by atoms with Crippen molar-refractivity contribution < 1.29 is 4.79 Å². The number of hydrazine groups is 1. The van der Waals surface area contributed by atoms with Crippen molar-refractivity contribution >= 4 is 50.1 Å². The smallest absolute Gasteiger partial charge is 0.225 e. The summed E-state index contributed by atoms with van der Waals surface area (Å²) in [6.07, 6.45) is 9.65. The van der Waals surface area contributed by atoms with Crippen molar-refractivity contribution in [3.05, 3.63) is 52.3 Å². The molecule has 1 saturated carbocycles. The van der Waals surface area contributed by atoms with Crippen LogP contribution in [0.1, 0.15) is 31.2 Å². The lowest BCUT2D eigenvalue weighted by Gasteiger charge is -2.35. The van der Waals surface area contributed by atoms with Crippen molar-refractivity contribution in [2.45, 2.75) is 32.2 Å². The fraction of sp³-hybridized carbons (Fsp3) is 0.476. The van der Waals surface area contributed by atoms with Crippen molar-refractivity contribution in [1.82, 2.24) is 20.2 Å². The molecule has 0 spiro atoms. The number of likely N-dealkylation sites (tertiary alicyclic amines) is 1. The van der Waals surface area contributed by atoms with Gasteiger partial charge in [-0.1, -0.05) is 44.6 Å². The van der Waals surface area contributed by atoms with Crippen molar-refractivity contribution in [3.8, 4) is 0 Å². The van der Waals surface area contributed by atoms with Gasteiger partial charge in [-0.05, 0) is 37.3 Å². The van der Waals surface area contributed by atoms with Gasteiger partial charge in [0.15, 0.2) is 5.82 Å². The van der Waals surface area contributed by atoms with E-state index < -0.39 is 0 Å². The van der Waals surface area contributed by atoms with Crippen LogP contribution < -0.4 is 11.2 Å². The first-order valence-electron chi connectivity index (χ1n) is 10.3. The van der Waals surface area contributed by atoms with Gasteiger partial charge in [-0.2, -0.15) is 0 Å². The van der Waals surface area contributed by atoms with Crippen molar-refractivity contribution in [3.63, 3.8) is 0 Å². The van der Waals surface area contributed by atoms with Crippen LogP contribution in [-0.4, -0.2) is 44.0 Å². The minimum Gasteiger partial charge on any atom is -0.366 e. The van der Waals surface area contributed by atoms with Crippen LogP contribution in [0.3, 0.4) is 0 Å². The number of carbonyl (C=O) groups is 1. The predicted octanol–water partition coefficient (Wildman–Crippen LogP) is 3.29. The zero-order valence-corrected chi connectivity index (χ0v) is 20.5. The molecule has 3 N–H and O–H groups in total. The van der Waals surface area contributed by atoms with Crippen LogP contribution in [0, 0.1) is 11.8 Å². The molecule has 160 valence electrons. The molecule has 7 nitrogen and oxygen atoms in total. The summed E-state index contributed by atoms with van der Waals surface area (Å²) in [5, 5.41) is 5.04. The molecule has 30 heavy (non-hydrogen) atoms. The van der Waals surface area contributed by atoms with Gasteiger partial charge >= 0.3 is 0 Å². The van der Waals surface area contributed by atoms with Crippen molar-refractivity contribution in [2.75, 3.05) is 17.5 Å². The third-order valence-corrected chi connectivity index (χ3v) is 8.16. The number of amides is 1. The maximum Gasteiger partial charge on any atom is 0.225 e. The maximum absolute atomic E-state index is 12.4. The lowest BCUT2D eigenvalue weighted by atomic mass is 9.90. The standard InChI is InChI=1S/C21H26BrIN6O/c22-17(11-23)20-27-18(15-5-8-28(9-6-15)21(30)16-3-4-16)10-19(29(20)24)26-13-14-2-1-7-25-12-14/h1-2,7,10,12,15-16,26H,3-6,8-9,11,13,24H2/b20-17+. The Morgan fingerprint density at radius 2 is 2.07 bits per heavy atom. The summed E-state index contributed by atoms with van der Waals surface area (Å²) in [5.74, 6) is 8.89. The van der Waals surface area contributed by atoms with Gasteiger partial charge < -0.3 is 10.2 Å². The number of aliphatic imine (C=N–C) groups is 1. The predicted molar refractivity (Wildman–Crippen MR) is 129 cm³/mol. The van der Waals surface area contributed by atoms with Crippen molar-refractivity contribution in [1.29, 1.82) is 0 Å². The van der Waals surface area contributed by atoms with Gasteiger partial charge in [0.2, 0.25) is 5.91 Å². The number of hydrogen-bond acceptors (Lipinski definition) is 6. The highest BCUT2D eigenvalue weighted by molar-refractivity contribution is 14.1. The monoisotopic (exact) mass is 584 g/mol. The molecule has 0 atom stereocenters.